The van der Waals surface area contributed by atoms with Crippen molar-refractivity contribution >= 4 is 39.5 Å². The van der Waals surface area contributed by atoms with Crippen LogP contribution in [0, 0.1) is 11.8 Å². The lowest BCUT2D eigenvalue weighted by molar-refractivity contribution is -0.141. The maximum atomic E-state index is 14.4. The fourth-order valence-electron chi connectivity index (χ4n) is 7.54. The summed E-state index contributed by atoms with van der Waals surface area (Å²) in [6.45, 7) is 4.19. The normalized spacial score (nSPS) is 29.6. The highest BCUT2D eigenvalue weighted by Gasteiger charge is 2.62. The van der Waals surface area contributed by atoms with E-state index in [4.69, 9.17) is 9.57 Å². The number of nitrogens with zero attached hydrogens (tertiary/aromatic N) is 2. The molecule has 0 spiro atoms. The van der Waals surface area contributed by atoms with Crippen molar-refractivity contribution in [1.82, 2.24) is 20.3 Å². The Morgan fingerprint density at radius 1 is 1.00 bits per heavy atom. The lowest BCUT2D eigenvalue weighted by Crippen LogP contribution is -2.58. The minimum absolute atomic E-state index is 0.0264. The van der Waals surface area contributed by atoms with Crippen LogP contribution in [0.4, 0.5) is 4.79 Å². The molecule has 13 nitrogen and oxygen atoms in total. The van der Waals surface area contributed by atoms with Crippen molar-refractivity contribution in [3.8, 4) is 0 Å². The number of allylic oxidation sites excluding steroid dienone is 1. The summed E-state index contributed by atoms with van der Waals surface area (Å²) < 4.78 is 33.5. The summed E-state index contributed by atoms with van der Waals surface area (Å²) in [5.74, 6) is -1.92. The van der Waals surface area contributed by atoms with Crippen molar-refractivity contribution in [2.45, 2.75) is 139 Å². The van der Waals surface area contributed by atoms with Gasteiger partial charge in [0.25, 0.3) is 5.91 Å². The summed E-state index contributed by atoms with van der Waals surface area (Å²) >= 11 is 0. The summed E-state index contributed by atoms with van der Waals surface area (Å²) in [4.78, 5) is 63.0. The molecule has 2 aliphatic heterocycles. The SMILES string of the molecule is CC(C)C/C(=N\O[C@@H]1C[C@H]2C(=O)N[C@@]3(C(=O)NS(=O)(=O)C4CC4)C[C@H]3/C=C\CCCCC[C@H](NC(=O)OC3CCCC3)C(=O)N2C1)c1ccccc1. The first kappa shape index (κ1) is 37.8. The maximum absolute atomic E-state index is 14.4. The van der Waals surface area contributed by atoms with Crippen LogP contribution in [-0.2, 0) is 34.0 Å². The van der Waals surface area contributed by atoms with Crippen LogP contribution in [0.25, 0.3) is 0 Å². The molecular weight excluding hydrogens is 687 g/mol. The number of carbonyl (C=O) groups is 4. The van der Waals surface area contributed by atoms with Gasteiger partial charge in [-0.3, -0.25) is 19.1 Å². The van der Waals surface area contributed by atoms with Crippen LogP contribution in [0.15, 0.2) is 47.6 Å². The second-order valence-corrected chi connectivity index (χ2v) is 17.5. The van der Waals surface area contributed by atoms with Crippen LogP contribution < -0.4 is 15.4 Å². The van der Waals surface area contributed by atoms with E-state index < -0.39 is 68.7 Å². The van der Waals surface area contributed by atoms with Gasteiger partial charge >= 0.3 is 6.09 Å². The molecule has 2 heterocycles. The molecule has 0 radical (unpaired) electrons. The molecule has 52 heavy (non-hydrogen) atoms. The van der Waals surface area contributed by atoms with Gasteiger partial charge in [0.05, 0.1) is 17.5 Å². The van der Waals surface area contributed by atoms with Gasteiger partial charge in [0.2, 0.25) is 21.8 Å². The van der Waals surface area contributed by atoms with Crippen molar-refractivity contribution in [2.24, 2.45) is 17.0 Å². The molecule has 1 saturated heterocycles. The minimum atomic E-state index is -3.87. The zero-order valence-electron chi connectivity index (χ0n) is 30.3. The molecule has 3 saturated carbocycles. The van der Waals surface area contributed by atoms with Crippen LogP contribution in [0.5, 0.6) is 0 Å². The first-order valence-corrected chi connectivity index (χ1v) is 20.6. The van der Waals surface area contributed by atoms with Gasteiger partial charge in [0, 0.05) is 12.3 Å². The Kier molecular flexibility index (Phi) is 11.9. The molecule has 6 rings (SSSR count). The predicted octanol–water partition coefficient (Wildman–Crippen LogP) is 4.46. The Hall–Kier alpha value is -3.94. The summed E-state index contributed by atoms with van der Waals surface area (Å²) in [5.41, 5.74) is 0.178. The van der Waals surface area contributed by atoms with E-state index in [1.807, 2.05) is 42.5 Å². The molecule has 5 aliphatic rings. The number of amides is 4. The molecule has 1 aromatic carbocycles. The van der Waals surface area contributed by atoms with E-state index in [9.17, 15) is 27.6 Å². The smallest absolute Gasteiger partial charge is 0.408 e. The number of nitrogens with one attached hydrogen (secondary N) is 3. The van der Waals surface area contributed by atoms with Crippen molar-refractivity contribution in [3.63, 3.8) is 0 Å². The summed E-state index contributed by atoms with van der Waals surface area (Å²) in [5, 5.41) is 9.63. The molecule has 0 bridgehead atoms. The van der Waals surface area contributed by atoms with Gasteiger partial charge in [-0.2, -0.15) is 0 Å². The molecule has 4 fully saturated rings. The van der Waals surface area contributed by atoms with Crippen molar-refractivity contribution in [1.29, 1.82) is 0 Å². The first-order chi connectivity index (χ1) is 24.9. The number of ether oxygens (including phenoxy) is 1. The minimum Gasteiger partial charge on any atom is -0.446 e. The molecular formula is C38H53N5O8S. The predicted molar refractivity (Wildman–Crippen MR) is 194 cm³/mol. The molecule has 4 amide bonds. The molecule has 0 aromatic heterocycles. The van der Waals surface area contributed by atoms with Gasteiger partial charge in [-0.1, -0.05) is 74.3 Å². The van der Waals surface area contributed by atoms with Gasteiger partial charge in [0.1, 0.15) is 29.8 Å². The van der Waals surface area contributed by atoms with E-state index in [0.29, 0.717) is 38.5 Å². The number of alkyl carbamates (subject to hydrolysis) is 1. The van der Waals surface area contributed by atoms with Gasteiger partial charge in [-0.25, -0.2) is 13.2 Å². The highest BCUT2D eigenvalue weighted by molar-refractivity contribution is 7.91. The van der Waals surface area contributed by atoms with Gasteiger partial charge in [0.15, 0.2) is 0 Å². The van der Waals surface area contributed by atoms with Crippen LogP contribution in [0.2, 0.25) is 0 Å². The quantitative estimate of drug-likeness (QED) is 0.179. The van der Waals surface area contributed by atoms with E-state index in [-0.39, 0.29) is 31.4 Å². The number of sulfonamides is 1. The van der Waals surface area contributed by atoms with Crippen molar-refractivity contribution < 1.29 is 37.2 Å². The highest BCUT2D eigenvalue weighted by atomic mass is 32.2. The fraction of sp³-hybridized carbons (Fsp3) is 0.658. The summed E-state index contributed by atoms with van der Waals surface area (Å²) in [6, 6.07) is 7.68. The average molecular weight is 740 g/mol. The van der Waals surface area contributed by atoms with Crippen LogP contribution in [0.3, 0.4) is 0 Å². The Morgan fingerprint density at radius 2 is 1.73 bits per heavy atom. The first-order valence-electron chi connectivity index (χ1n) is 19.1. The average Bonchev–Trinajstić information content (AvgIpc) is 3.98. The molecule has 284 valence electrons. The number of carbonyl (C=O) groups excluding carboxylic acids is 4. The second kappa shape index (κ2) is 16.4. The Balaban J connectivity index is 1.27. The molecule has 14 heteroatoms. The topological polar surface area (TPSA) is 173 Å². The van der Waals surface area contributed by atoms with E-state index in [0.717, 1.165) is 49.8 Å². The molecule has 1 aromatic rings. The third-order valence-corrected chi connectivity index (χ3v) is 12.6. The van der Waals surface area contributed by atoms with Gasteiger partial charge < -0.3 is 25.1 Å². The maximum Gasteiger partial charge on any atom is 0.408 e. The Labute approximate surface area is 306 Å². The third-order valence-electron chi connectivity index (χ3n) is 10.7. The van der Waals surface area contributed by atoms with Crippen LogP contribution in [-0.4, -0.2) is 84.5 Å². The molecule has 3 N–H and O–H groups in total. The van der Waals surface area contributed by atoms with Gasteiger partial charge in [-0.15, -0.1) is 0 Å². The highest BCUT2D eigenvalue weighted by Crippen LogP contribution is 2.46. The zero-order valence-corrected chi connectivity index (χ0v) is 31.1. The lowest BCUT2D eigenvalue weighted by atomic mass is 10.0. The molecule has 3 aliphatic carbocycles. The molecule has 0 unspecified atom stereocenters. The second-order valence-electron chi connectivity index (χ2n) is 15.5. The largest absolute Gasteiger partial charge is 0.446 e. The molecule has 5 atom stereocenters. The zero-order chi connectivity index (χ0) is 36.9. The number of benzene rings is 1. The monoisotopic (exact) mass is 739 g/mol. The Morgan fingerprint density at radius 3 is 2.44 bits per heavy atom. The third kappa shape index (κ3) is 9.34. The lowest BCUT2D eigenvalue weighted by Gasteiger charge is -2.30. The standard InChI is InChI=1S/C38H53N5O8S/c1-25(2)21-32(26-13-7-6-8-14-26)41-51-29-22-33-34(44)40-38(36(46)42-52(48,49)30-19-20-30)23-27(38)15-9-4-3-5-10-18-31(35(45)43(33)24-29)39-37(47)50-28-16-11-12-17-28/h6-9,13-15,25,27-31,33H,3-5,10-12,16-24H2,1-2H3,(H,39,47)(H,40,44)(H,42,46)/b15-9-,41-32+/t27-,29-,31+,33+,38+/m1/s1. The van der Waals surface area contributed by atoms with Crippen molar-refractivity contribution in [3.05, 3.63) is 48.0 Å². The van der Waals surface area contributed by atoms with Crippen LogP contribution in [0.1, 0.15) is 109 Å². The Bertz CT molecular complexity index is 1640. The van der Waals surface area contributed by atoms with Gasteiger partial charge in [-0.05, 0) is 82.1 Å². The van der Waals surface area contributed by atoms with E-state index >= 15 is 0 Å². The number of rotatable bonds is 10. The van der Waals surface area contributed by atoms with E-state index in [2.05, 4.69) is 34.4 Å². The number of oxime groups is 1. The fourth-order valence-corrected chi connectivity index (χ4v) is 8.90. The number of hydrogen-bond acceptors (Lipinski definition) is 9. The summed E-state index contributed by atoms with van der Waals surface area (Å²) in [7, 11) is -3.87. The summed E-state index contributed by atoms with van der Waals surface area (Å²) in [6.07, 6.45) is 11.2. The van der Waals surface area contributed by atoms with E-state index in [1.165, 1.54) is 4.90 Å². The van der Waals surface area contributed by atoms with E-state index in [1.54, 1.807) is 0 Å². The number of hydrogen-bond donors (Lipinski definition) is 3. The van der Waals surface area contributed by atoms with Crippen molar-refractivity contribution in [2.75, 3.05) is 6.54 Å². The number of fused-ring (bicyclic) bond motifs is 2. The van der Waals surface area contributed by atoms with Crippen LogP contribution >= 0.6 is 0 Å².